The van der Waals surface area contributed by atoms with Crippen LogP contribution in [0.15, 0.2) is 17.2 Å². The lowest BCUT2D eigenvalue weighted by Gasteiger charge is -2.28. The highest BCUT2D eigenvalue weighted by molar-refractivity contribution is 6.18. The van der Waals surface area contributed by atoms with Gasteiger partial charge in [-0.25, -0.2) is 4.98 Å². The summed E-state index contributed by atoms with van der Waals surface area (Å²) in [6, 6.07) is 0.136. The van der Waals surface area contributed by atoms with Gasteiger partial charge in [0, 0.05) is 24.3 Å². The molecule has 0 unspecified atom stereocenters. The van der Waals surface area contributed by atoms with Crippen molar-refractivity contribution < 1.29 is 0 Å². The van der Waals surface area contributed by atoms with E-state index in [-0.39, 0.29) is 17.1 Å². The van der Waals surface area contributed by atoms with Gasteiger partial charge >= 0.3 is 0 Å². The van der Waals surface area contributed by atoms with Crippen molar-refractivity contribution in [3.05, 3.63) is 22.7 Å². The van der Waals surface area contributed by atoms with Gasteiger partial charge < -0.3 is 9.88 Å². The van der Waals surface area contributed by atoms with Crippen LogP contribution in [0.2, 0.25) is 0 Å². The first kappa shape index (κ1) is 13.4. The van der Waals surface area contributed by atoms with Gasteiger partial charge in [0.05, 0.1) is 5.54 Å². The molecule has 100 valence electrons. The summed E-state index contributed by atoms with van der Waals surface area (Å²) in [7, 11) is 0. The predicted molar refractivity (Wildman–Crippen MR) is 74.4 cm³/mol. The van der Waals surface area contributed by atoms with E-state index in [1.165, 1.54) is 0 Å². The first-order valence-electron chi connectivity index (χ1n) is 6.49. The topological polar surface area (TPSA) is 46.9 Å². The Morgan fingerprint density at radius 1 is 1.50 bits per heavy atom. The summed E-state index contributed by atoms with van der Waals surface area (Å²) in [6.07, 6.45) is 7.72. The Morgan fingerprint density at radius 2 is 2.17 bits per heavy atom. The van der Waals surface area contributed by atoms with Crippen molar-refractivity contribution in [1.82, 2.24) is 9.55 Å². The Hall–Kier alpha value is -1.03. The summed E-state index contributed by atoms with van der Waals surface area (Å²) in [6.45, 7) is 3.97. The summed E-state index contributed by atoms with van der Waals surface area (Å²) < 4.78 is 1.69. The van der Waals surface area contributed by atoms with Crippen molar-refractivity contribution in [3.63, 3.8) is 0 Å². The zero-order chi connectivity index (χ0) is 13.2. The minimum Gasteiger partial charge on any atom is -0.359 e. The van der Waals surface area contributed by atoms with E-state index in [0.29, 0.717) is 11.7 Å². The van der Waals surface area contributed by atoms with Gasteiger partial charge in [0.1, 0.15) is 0 Å². The van der Waals surface area contributed by atoms with Crippen LogP contribution in [-0.4, -0.2) is 21.0 Å². The lowest BCUT2D eigenvalue weighted by molar-refractivity contribution is 0.528. The second-order valence-electron chi connectivity index (χ2n) is 5.33. The maximum Gasteiger partial charge on any atom is 0.293 e. The monoisotopic (exact) mass is 269 g/mol. The molecule has 5 heteroatoms. The Labute approximate surface area is 112 Å². The van der Waals surface area contributed by atoms with Crippen LogP contribution in [0.1, 0.15) is 45.6 Å². The minimum atomic E-state index is -0.149. The molecule has 1 aliphatic carbocycles. The number of anilines is 1. The second kappa shape index (κ2) is 5.31. The zero-order valence-electron chi connectivity index (χ0n) is 10.9. The van der Waals surface area contributed by atoms with Gasteiger partial charge in [-0.1, -0.05) is 12.8 Å². The summed E-state index contributed by atoms with van der Waals surface area (Å²) in [4.78, 5) is 16.4. The summed E-state index contributed by atoms with van der Waals surface area (Å²) in [5.41, 5.74) is -0.215. The van der Waals surface area contributed by atoms with Crippen LogP contribution in [0.5, 0.6) is 0 Å². The molecule has 4 nitrogen and oxygen atoms in total. The number of hydrogen-bond donors (Lipinski definition) is 1. The fourth-order valence-corrected chi connectivity index (χ4v) is 2.85. The molecule has 0 spiro atoms. The van der Waals surface area contributed by atoms with Gasteiger partial charge in [-0.05, 0) is 26.7 Å². The van der Waals surface area contributed by atoms with Crippen LogP contribution < -0.4 is 10.9 Å². The van der Waals surface area contributed by atoms with Gasteiger partial charge in [0.15, 0.2) is 5.82 Å². The third-order valence-corrected chi connectivity index (χ3v) is 4.14. The predicted octanol–water partition coefficient (Wildman–Crippen LogP) is 2.79. The number of aromatic nitrogens is 2. The molecule has 18 heavy (non-hydrogen) atoms. The lowest BCUT2D eigenvalue weighted by Crippen LogP contribution is -2.40. The molecular weight excluding hydrogens is 250 g/mol. The van der Waals surface area contributed by atoms with Crippen LogP contribution in [-0.2, 0) is 0 Å². The van der Waals surface area contributed by atoms with Crippen LogP contribution in [0.25, 0.3) is 0 Å². The van der Waals surface area contributed by atoms with Crippen molar-refractivity contribution in [1.29, 1.82) is 0 Å². The van der Waals surface area contributed by atoms with E-state index in [1.807, 2.05) is 13.8 Å². The molecule has 0 atom stereocenters. The maximum absolute atomic E-state index is 12.3. The quantitative estimate of drug-likeness (QED) is 0.855. The van der Waals surface area contributed by atoms with Crippen LogP contribution in [0, 0.1) is 0 Å². The number of halogens is 1. The van der Waals surface area contributed by atoms with E-state index in [9.17, 15) is 4.79 Å². The second-order valence-corrected chi connectivity index (χ2v) is 5.60. The SMILES string of the molecule is CC(C)n1ccnc(NC2(CCl)CCCC2)c1=O. The Bertz CT molecular complexity index is 464. The van der Waals surface area contributed by atoms with E-state index in [1.54, 1.807) is 17.0 Å². The highest BCUT2D eigenvalue weighted by Crippen LogP contribution is 2.33. The lowest BCUT2D eigenvalue weighted by atomic mass is 10.0. The molecule has 1 saturated carbocycles. The highest BCUT2D eigenvalue weighted by Gasteiger charge is 2.33. The van der Waals surface area contributed by atoms with Crippen molar-refractivity contribution in [2.24, 2.45) is 0 Å². The summed E-state index contributed by atoms with van der Waals surface area (Å²) >= 11 is 6.07. The normalized spacial score (nSPS) is 18.2. The van der Waals surface area contributed by atoms with Gasteiger partial charge in [-0.15, -0.1) is 11.6 Å². The number of rotatable bonds is 4. The minimum absolute atomic E-state index is 0.0658. The van der Waals surface area contributed by atoms with Gasteiger partial charge in [0.2, 0.25) is 0 Å². The average Bonchev–Trinajstić information content (AvgIpc) is 2.81. The highest BCUT2D eigenvalue weighted by atomic mass is 35.5. The number of nitrogens with zero attached hydrogens (tertiary/aromatic N) is 2. The third kappa shape index (κ3) is 2.53. The molecular formula is C13H20ClN3O. The van der Waals surface area contributed by atoms with E-state index in [2.05, 4.69) is 10.3 Å². The molecule has 1 aromatic rings. The molecule has 0 aromatic carbocycles. The molecule has 0 bridgehead atoms. The number of nitrogens with one attached hydrogen (secondary N) is 1. The molecule has 0 radical (unpaired) electrons. The first-order valence-corrected chi connectivity index (χ1v) is 7.03. The fourth-order valence-electron chi connectivity index (χ4n) is 2.51. The Kier molecular flexibility index (Phi) is 3.95. The van der Waals surface area contributed by atoms with Crippen LogP contribution in [0.4, 0.5) is 5.82 Å². The molecule has 2 rings (SSSR count). The molecule has 1 heterocycles. The Balaban J connectivity index is 2.29. The fraction of sp³-hybridized carbons (Fsp3) is 0.692. The largest absolute Gasteiger partial charge is 0.359 e. The molecule has 1 aromatic heterocycles. The van der Waals surface area contributed by atoms with Crippen LogP contribution in [0.3, 0.4) is 0 Å². The molecule has 1 fully saturated rings. The summed E-state index contributed by atoms with van der Waals surface area (Å²) in [5.74, 6) is 0.943. The van der Waals surface area contributed by atoms with Gasteiger partial charge in [-0.2, -0.15) is 0 Å². The van der Waals surface area contributed by atoms with E-state index in [0.717, 1.165) is 25.7 Å². The molecule has 0 amide bonds. The van der Waals surface area contributed by atoms with Crippen molar-refractivity contribution >= 4 is 17.4 Å². The maximum atomic E-state index is 12.3. The average molecular weight is 270 g/mol. The van der Waals surface area contributed by atoms with Crippen molar-refractivity contribution in [3.8, 4) is 0 Å². The van der Waals surface area contributed by atoms with E-state index >= 15 is 0 Å². The number of alkyl halides is 1. The van der Waals surface area contributed by atoms with Crippen molar-refractivity contribution in [2.45, 2.75) is 51.1 Å². The van der Waals surface area contributed by atoms with E-state index < -0.39 is 0 Å². The standard InChI is InChI=1S/C13H20ClN3O/c1-10(2)17-8-7-15-11(12(17)18)16-13(9-14)5-3-4-6-13/h7-8,10H,3-6,9H2,1-2H3,(H,15,16). The van der Waals surface area contributed by atoms with Crippen molar-refractivity contribution in [2.75, 3.05) is 11.2 Å². The first-order chi connectivity index (χ1) is 8.58. The van der Waals surface area contributed by atoms with Crippen LogP contribution >= 0.6 is 11.6 Å². The third-order valence-electron chi connectivity index (χ3n) is 3.62. The van der Waals surface area contributed by atoms with Gasteiger partial charge in [-0.3, -0.25) is 4.79 Å². The van der Waals surface area contributed by atoms with Gasteiger partial charge in [0.25, 0.3) is 5.56 Å². The molecule has 1 aliphatic rings. The van der Waals surface area contributed by atoms with E-state index in [4.69, 9.17) is 11.6 Å². The molecule has 0 aliphatic heterocycles. The summed E-state index contributed by atoms with van der Waals surface area (Å²) in [5, 5.41) is 3.29. The zero-order valence-corrected chi connectivity index (χ0v) is 11.7. The Morgan fingerprint density at radius 3 is 2.72 bits per heavy atom. The smallest absolute Gasteiger partial charge is 0.293 e. The molecule has 1 N–H and O–H groups in total. The number of hydrogen-bond acceptors (Lipinski definition) is 3. The molecule has 0 saturated heterocycles.